The van der Waals surface area contributed by atoms with E-state index in [-0.39, 0.29) is 5.69 Å². The van der Waals surface area contributed by atoms with Gasteiger partial charge in [-0.25, -0.2) is 10.3 Å². The lowest BCUT2D eigenvalue weighted by molar-refractivity contribution is -0.137. The van der Waals surface area contributed by atoms with Crippen LogP contribution in [-0.4, -0.2) is 24.1 Å². The first kappa shape index (κ1) is 16.3. The summed E-state index contributed by atoms with van der Waals surface area (Å²) in [5.41, 5.74) is 6.05. The number of benzene rings is 1. The van der Waals surface area contributed by atoms with Gasteiger partial charge in [0.1, 0.15) is 5.69 Å². The maximum absolute atomic E-state index is 12.9. The smallest absolute Gasteiger partial charge is 0.397 e. The molecule has 1 amide bonds. The molecule has 1 aliphatic heterocycles. The summed E-state index contributed by atoms with van der Waals surface area (Å²) in [6.07, 6.45) is -1.51. The van der Waals surface area contributed by atoms with Crippen molar-refractivity contribution in [2.24, 2.45) is 0 Å². The molecular weight excluding hydrogens is 299 g/mol. The third kappa shape index (κ3) is 3.96. The van der Waals surface area contributed by atoms with Crippen LogP contribution < -0.4 is 11.2 Å². The maximum atomic E-state index is 12.9. The third-order valence-electron chi connectivity index (χ3n) is 3.51. The van der Waals surface area contributed by atoms with Gasteiger partial charge in [0.05, 0.1) is 11.3 Å². The number of hydrogen-bond acceptors (Lipinski definition) is 4. The van der Waals surface area contributed by atoms with Crippen LogP contribution in [0.1, 0.15) is 31.2 Å². The van der Waals surface area contributed by atoms with Crippen LogP contribution in [0.4, 0.5) is 29.3 Å². The van der Waals surface area contributed by atoms with Gasteiger partial charge in [-0.15, -0.1) is 0 Å². The van der Waals surface area contributed by atoms with Crippen molar-refractivity contribution in [1.82, 2.24) is 4.90 Å². The van der Waals surface area contributed by atoms with Gasteiger partial charge in [-0.1, -0.05) is 18.9 Å². The van der Waals surface area contributed by atoms with Crippen molar-refractivity contribution >= 4 is 17.5 Å². The standard InChI is InChI=1S/C14H18F3N3O2/c15-14(16,17)10-6-5-7-11(18)12(10)19-22-13(21)20-8-3-1-2-4-9-20/h5-7,19H,1-4,8-9,18H2. The fourth-order valence-corrected chi connectivity index (χ4v) is 2.33. The molecule has 0 spiro atoms. The summed E-state index contributed by atoms with van der Waals surface area (Å²) in [4.78, 5) is 18.2. The first-order valence-electron chi connectivity index (χ1n) is 7.07. The maximum Gasteiger partial charge on any atom is 0.434 e. The summed E-state index contributed by atoms with van der Waals surface area (Å²) in [5, 5.41) is 0. The molecule has 1 fully saturated rings. The summed E-state index contributed by atoms with van der Waals surface area (Å²) in [6, 6.07) is 3.37. The number of carbonyl (C=O) groups is 1. The number of alkyl halides is 3. The molecule has 1 aromatic carbocycles. The van der Waals surface area contributed by atoms with E-state index in [9.17, 15) is 18.0 Å². The molecule has 122 valence electrons. The molecule has 0 bridgehead atoms. The van der Waals surface area contributed by atoms with Gasteiger partial charge in [0.25, 0.3) is 0 Å². The van der Waals surface area contributed by atoms with E-state index in [1.54, 1.807) is 0 Å². The van der Waals surface area contributed by atoms with Crippen LogP contribution in [0.25, 0.3) is 0 Å². The first-order valence-corrected chi connectivity index (χ1v) is 7.07. The number of nitrogens with two attached hydrogens (primary N) is 1. The summed E-state index contributed by atoms with van der Waals surface area (Å²) in [7, 11) is 0. The highest BCUT2D eigenvalue weighted by atomic mass is 19.4. The summed E-state index contributed by atoms with van der Waals surface area (Å²) >= 11 is 0. The number of para-hydroxylation sites is 1. The third-order valence-corrected chi connectivity index (χ3v) is 3.51. The van der Waals surface area contributed by atoms with Crippen molar-refractivity contribution in [1.29, 1.82) is 0 Å². The average Bonchev–Trinajstić information content (AvgIpc) is 2.73. The molecule has 2 rings (SSSR count). The zero-order valence-electron chi connectivity index (χ0n) is 11.9. The van der Waals surface area contributed by atoms with E-state index < -0.39 is 23.5 Å². The van der Waals surface area contributed by atoms with Crippen LogP contribution in [0.2, 0.25) is 0 Å². The Morgan fingerprint density at radius 2 is 1.82 bits per heavy atom. The average molecular weight is 317 g/mol. The molecule has 1 saturated heterocycles. The second-order valence-electron chi connectivity index (χ2n) is 5.14. The number of nitrogen functional groups attached to an aromatic ring is 1. The van der Waals surface area contributed by atoms with Gasteiger partial charge < -0.3 is 15.5 Å². The molecule has 1 heterocycles. The van der Waals surface area contributed by atoms with E-state index in [0.717, 1.165) is 31.7 Å². The minimum Gasteiger partial charge on any atom is -0.397 e. The molecule has 0 aliphatic carbocycles. The highest BCUT2D eigenvalue weighted by Gasteiger charge is 2.34. The Bertz CT molecular complexity index is 527. The second kappa shape index (κ2) is 6.76. The monoisotopic (exact) mass is 317 g/mol. The van der Waals surface area contributed by atoms with E-state index in [1.165, 1.54) is 17.0 Å². The predicted molar refractivity (Wildman–Crippen MR) is 76.0 cm³/mol. The molecule has 0 unspecified atom stereocenters. The van der Waals surface area contributed by atoms with Crippen LogP contribution in [0, 0.1) is 0 Å². The number of anilines is 2. The van der Waals surface area contributed by atoms with Gasteiger partial charge in [0, 0.05) is 13.1 Å². The van der Waals surface area contributed by atoms with Gasteiger partial charge in [0.2, 0.25) is 0 Å². The number of nitrogens with one attached hydrogen (secondary N) is 1. The lowest BCUT2D eigenvalue weighted by Gasteiger charge is -2.21. The van der Waals surface area contributed by atoms with Crippen LogP contribution in [0.15, 0.2) is 18.2 Å². The van der Waals surface area contributed by atoms with Crippen molar-refractivity contribution in [2.75, 3.05) is 24.3 Å². The molecule has 3 N–H and O–H groups in total. The van der Waals surface area contributed by atoms with E-state index in [1.807, 2.05) is 0 Å². The largest absolute Gasteiger partial charge is 0.434 e. The van der Waals surface area contributed by atoms with Crippen LogP contribution in [0.5, 0.6) is 0 Å². The predicted octanol–water partition coefficient (Wildman–Crippen LogP) is 3.63. The Hall–Kier alpha value is -2.12. The van der Waals surface area contributed by atoms with Crippen LogP contribution in [0.3, 0.4) is 0 Å². The summed E-state index contributed by atoms with van der Waals surface area (Å²) < 4.78 is 38.7. The molecule has 5 nitrogen and oxygen atoms in total. The van der Waals surface area contributed by atoms with Gasteiger partial charge >= 0.3 is 12.3 Å². The van der Waals surface area contributed by atoms with Gasteiger partial charge in [-0.05, 0) is 25.0 Å². The molecule has 1 aliphatic rings. The minimum atomic E-state index is -4.59. The Kier molecular flexibility index (Phi) is 4.99. The Morgan fingerprint density at radius 1 is 1.18 bits per heavy atom. The topological polar surface area (TPSA) is 67.6 Å². The number of halogens is 3. The summed E-state index contributed by atoms with van der Waals surface area (Å²) in [5.74, 6) is 0. The minimum absolute atomic E-state index is 0.140. The normalized spacial score (nSPS) is 16.0. The molecule has 8 heteroatoms. The van der Waals surface area contributed by atoms with Crippen LogP contribution >= 0.6 is 0 Å². The van der Waals surface area contributed by atoms with Crippen molar-refractivity contribution in [3.63, 3.8) is 0 Å². The Labute approximate surface area is 126 Å². The molecule has 0 aromatic heterocycles. The quantitative estimate of drug-likeness (QED) is 0.646. The van der Waals surface area contributed by atoms with Gasteiger partial charge in [-0.2, -0.15) is 13.2 Å². The fraction of sp³-hybridized carbons (Fsp3) is 0.500. The van der Waals surface area contributed by atoms with Crippen molar-refractivity contribution in [2.45, 2.75) is 31.9 Å². The number of hydrogen-bond donors (Lipinski definition) is 2. The second-order valence-corrected chi connectivity index (χ2v) is 5.14. The molecular formula is C14H18F3N3O2. The fourth-order valence-electron chi connectivity index (χ4n) is 2.33. The number of nitrogens with zero attached hydrogens (tertiary/aromatic N) is 1. The van der Waals surface area contributed by atoms with Crippen molar-refractivity contribution in [3.05, 3.63) is 23.8 Å². The van der Waals surface area contributed by atoms with E-state index in [0.29, 0.717) is 13.1 Å². The molecule has 0 saturated carbocycles. The van der Waals surface area contributed by atoms with Crippen molar-refractivity contribution < 1.29 is 22.8 Å². The Balaban J connectivity index is 2.06. The Morgan fingerprint density at radius 3 is 2.41 bits per heavy atom. The summed E-state index contributed by atoms with van der Waals surface area (Å²) in [6.45, 7) is 1.08. The number of likely N-dealkylation sites (tertiary alicyclic amines) is 1. The van der Waals surface area contributed by atoms with E-state index >= 15 is 0 Å². The molecule has 0 atom stereocenters. The SMILES string of the molecule is Nc1cccc(C(F)(F)F)c1NOC(=O)N1CCCCCC1. The first-order chi connectivity index (χ1) is 10.4. The zero-order chi connectivity index (χ0) is 16.2. The molecule has 0 radical (unpaired) electrons. The van der Waals surface area contributed by atoms with E-state index in [2.05, 4.69) is 5.48 Å². The van der Waals surface area contributed by atoms with Gasteiger partial charge in [-0.3, -0.25) is 0 Å². The van der Waals surface area contributed by atoms with Gasteiger partial charge in [0.15, 0.2) is 0 Å². The lowest BCUT2D eigenvalue weighted by atomic mass is 10.1. The number of rotatable bonds is 2. The lowest BCUT2D eigenvalue weighted by Crippen LogP contribution is -2.34. The molecule has 22 heavy (non-hydrogen) atoms. The zero-order valence-corrected chi connectivity index (χ0v) is 11.9. The van der Waals surface area contributed by atoms with Crippen LogP contribution in [-0.2, 0) is 11.0 Å². The number of carbonyl (C=O) groups excluding carboxylic acids is 1. The van der Waals surface area contributed by atoms with E-state index in [4.69, 9.17) is 10.6 Å². The molecule has 1 aromatic rings. The highest BCUT2D eigenvalue weighted by Crippen LogP contribution is 2.37. The highest BCUT2D eigenvalue weighted by molar-refractivity contribution is 5.73. The van der Waals surface area contributed by atoms with Crippen molar-refractivity contribution in [3.8, 4) is 0 Å². The number of amides is 1.